The average molecular weight is 758 g/mol. The number of allylic oxidation sites excluding steroid dienone is 4. The van der Waals surface area contributed by atoms with Crippen molar-refractivity contribution in [1.82, 2.24) is 36.1 Å². The maximum atomic E-state index is 13.9. The maximum absolute atomic E-state index is 13.9. The highest BCUT2D eigenvalue weighted by molar-refractivity contribution is 6.38. The Morgan fingerprint density at radius 3 is 2.15 bits per heavy atom. The molecule has 5 amide bonds. The summed E-state index contributed by atoms with van der Waals surface area (Å²) < 4.78 is 0. The van der Waals surface area contributed by atoms with E-state index in [-0.39, 0.29) is 48.4 Å². The van der Waals surface area contributed by atoms with E-state index < -0.39 is 35.7 Å². The zero-order chi connectivity index (χ0) is 40.8. The molecule has 2 aliphatic carbocycles. The minimum Gasteiger partial charge on any atom is -0.348 e. The summed E-state index contributed by atoms with van der Waals surface area (Å²) in [6.07, 6.45) is 23.5. The molecule has 13 heteroatoms. The Labute approximate surface area is 326 Å². The molecule has 298 valence electrons. The van der Waals surface area contributed by atoms with Crippen molar-refractivity contribution in [2.75, 3.05) is 13.1 Å². The smallest absolute Gasteiger partial charge is 0.289 e. The van der Waals surface area contributed by atoms with Gasteiger partial charge in [0.05, 0.1) is 12.2 Å². The van der Waals surface area contributed by atoms with Crippen molar-refractivity contribution >= 4 is 35.8 Å². The number of amides is 5. The van der Waals surface area contributed by atoms with Crippen LogP contribution in [-0.4, -0.2) is 87.9 Å². The highest BCUT2D eigenvalue weighted by atomic mass is 16.2. The zero-order valence-electron chi connectivity index (χ0n) is 32.7. The highest BCUT2D eigenvalue weighted by Gasteiger charge is 2.41. The SMILES string of the molecule is C#CCCC(NC=O)C(=O)C(=O)NCC=C.C=CC1=C(C=C)CC([C@H](NC(=O)C(NC(=O)c2cnccn2)C2CCCCC2)C(=O)N2CCCC2C)C1.CC. The second-order valence-electron chi connectivity index (χ2n) is 13.5. The Kier molecular flexibility index (Phi) is 20.7. The Hall–Kier alpha value is -5.38. The highest BCUT2D eigenvalue weighted by Crippen LogP contribution is 2.36. The minimum atomic E-state index is -0.863. The van der Waals surface area contributed by atoms with Crippen LogP contribution < -0.4 is 21.3 Å². The summed E-state index contributed by atoms with van der Waals surface area (Å²) in [5.41, 5.74) is 2.31. The molecule has 3 aliphatic rings. The first-order valence-electron chi connectivity index (χ1n) is 19.3. The summed E-state index contributed by atoms with van der Waals surface area (Å²) in [5.74, 6) is 0.0181. The Balaban J connectivity index is 0.000000490. The van der Waals surface area contributed by atoms with Crippen LogP contribution in [0, 0.1) is 24.2 Å². The van der Waals surface area contributed by atoms with Crippen molar-refractivity contribution in [2.45, 2.75) is 116 Å². The van der Waals surface area contributed by atoms with Crippen molar-refractivity contribution in [2.24, 2.45) is 11.8 Å². The van der Waals surface area contributed by atoms with Crippen LogP contribution in [0.1, 0.15) is 102 Å². The Morgan fingerprint density at radius 1 is 0.945 bits per heavy atom. The molecular weight excluding hydrogens is 699 g/mol. The van der Waals surface area contributed by atoms with Crippen LogP contribution >= 0.6 is 0 Å². The van der Waals surface area contributed by atoms with Gasteiger partial charge in [0.25, 0.3) is 11.8 Å². The van der Waals surface area contributed by atoms with Crippen LogP contribution in [0.5, 0.6) is 0 Å². The average Bonchev–Trinajstić information content (AvgIpc) is 3.86. The molecule has 1 saturated carbocycles. The third-order valence-electron chi connectivity index (χ3n) is 10.0. The molecule has 2 fully saturated rings. The lowest BCUT2D eigenvalue weighted by atomic mass is 9.83. The second kappa shape index (κ2) is 24.8. The van der Waals surface area contributed by atoms with E-state index in [1.165, 1.54) is 24.7 Å². The topological polar surface area (TPSA) is 180 Å². The summed E-state index contributed by atoms with van der Waals surface area (Å²) in [7, 11) is 0. The molecular formula is C42H59N7O6. The predicted octanol–water partition coefficient (Wildman–Crippen LogP) is 4.14. The molecule has 0 spiro atoms. The molecule has 4 atom stereocenters. The summed E-state index contributed by atoms with van der Waals surface area (Å²) in [6.45, 7) is 18.2. The zero-order valence-corrected chi connectivity index (χ0v) is 32.7. The van der Waals surface area contributed by atoms with Crippen LogP contribution in [0.15, 0.2) is 67.7 Å². The van der Waals surface area contributed by atoms with Gasteiger partial charge in [0, 0.05) is 37.9 Å². The number of aromatic nitrogens is 2. The van der Waals surface area contributed by atoms with Gasteiger partial charge in [0.1, 0.15) is 17.8 Å². The van der Waals surface area contributed by atoms with E-state index in [0.717, 1.165) is 56.1 Å². The lowest BCUT2D eigenvalue weighted by Gasteiger charge is -2.34. The van der Waals surface area contributed by atoms with E-state index in [9.17, 15) is 28.8 Å². The third kappa shape index (κ3) is 13.8. The van der Waals surface area contributed by atoms with E-state index >= 15 is 0 Å². The molecule has 4 rings (SSSR count). The van der Waals surface area contributed by atoms with Gasteiger partial charge >= 0.3 is 0 Å². The van der Waals surface area contributed by atoms with Crippen LogP contribution in [-0.2, 0) is 24.0 Å². The van der Waals surface area contributed by atoms with Crippen LogP contribution in [0.4, 0.5) is 0 Å². The van der Waals surface area contributed by atoms with Crippen molar-refractivity contribution < 1.29 is 28.8 Å². The molecule has 2 heterocycles. The van der Waals surface area contributed by atoms with Crippen molar-refractivity contribution in [3.05, 3.63) is 73.4 Å². The number of ketones is 1. The first kappa shape index (κ1) is 45.8. The molecule has 4 N–H and O–H groups in total. The number of nitrogens with zero attached hydrogens (tertiary/aromatic N) is 3. The largest absolute Gasteiger partial charge is 0.348 e. The van der Waals surface area contributed by atoms with Crippen LogP contribution in [0.2, 0.25) is 0 Å². The number of hydrogen-bond acceptors (Lipinski definition) is 8. The third-order valence-corrected chi connectivity index (χ3v) is 10.0. The van der Waals surface area contributed by atoms with Crippen molar-refractivity contribution in [3.8, 4) is 12.3 Å². The standard InChI is InChI=1S/C29H39N5O3.C11H14N2O3.C2H6/c1-4-20-16-23(17-21(20)5-2)26(29(37)34-15-9-10-19(34)3)33-28(36)25(22-11-7-6-8-12-22)32-27(35)24-18-30-13-14-31-24;1-3-5-6-9(13-8-14)10(15)11(16)12-7-4-2;1-2/h4-5,13-14,18-19,22-23,25-26H,1-2,6-12,15-17H2,3H3,(H,32,35)(H,33,36);1,4,8-9H,2,5-7H2,(H,12,16)(H,13,14);1-2H3/t19?,25?,26-;;/m0../s1. The minimum absolute atomic E-state index is 0.00464. The summed E-state index contributed by atoms with van der Waals surface area (Å²) >= 11 is 0. The first-order chi connectivity index (χ1) is 26.6. The van der Waals surface area contributed by atoms with Gasteiger partial charge < -0.3 is 26.2 Å². The van der Waals surface area contributed by atoms with Gasteiger partial charge in [-0.3, -0.25) is 33.8 Å². The molecule has 1 aromatic heterocycles. The fraction of sp³-hybridized carbons (Fsp3) is 0.524. The summed E-state index contributed by atoms with van der Waals surface area (Å²) in [6, 6.07) is -2.14. The number of Topliss-reactive ketones (excluding diaryl/α,β-unsaturated/α-hetero) is 1. The number of carbonyl (C=O) groups excluding carboxylic acids is 6. The Bertz CT molecular complexity index is 1540. The molecule has 3 unspecified atom stereocenters. The van der Waals surface area contributed by atoms with E-state index in [4.69, 9.17) is 6.42 Å². The molecule has 55 heavy (non-hydrogen) atoms. The Morgan fingerprint density at radius 2 is 1.62 bits per heavy atom. The number of terminal acetylenes is 1. The fourth-order valence-electron chi connectivity index (χ4n) is 7.13. The number of likely N-dealkylation sites (tertiary alicyclic amines) is 1. The molecule has 0 radical (unpaired) electrons. The molecule has 1 aliphatic heterocycles. The fourth-order valence-corrected chi connectivity index (χ4v) is 7.13. The molecule has 1 saturated heterocycles. The van der Waals surface area contributed by atoms with Gasteiger partial charge in [0.15, 0.2) is 0 Å². The molecule has 0 aromatic carbocycles. The van der Waals surface area contributed by atoms with Crippen molar-refractivity contribution in [1.29, 1.82) is 0 Å². The molecule has 1 aromatic rings. The van der Waals surface area contributed by atoms with Gasteiger partial charge in [-0.05, 0) is 74.9 Å². The summed E-state index contributed by atoms with van der Waals surface area (Å²) in [4.78, 5) is 83.7. The number of nitrogens with one attached hydrogen (secondary N) is 4. The van der Waals surface area contributed by atoms with Crippen molar-refractivity contribution in [3.63, 3.8) is 0 Å². The number of rotatable bonds is 17. The molecule has 13 nitrogen and oxygen atoms in total. The van der Waals surface area contributed by atoms with Crippen LogP contribution in [0.25, 0.3) is 0 Å². The van der Waals surface area contributed by atoms with Gasteiger partial charge in [-0.2, -0.15) is 0 Å². The van der Waals surface area contributed by atoms with E-state index in [2.05, 4.69) is 63.8 Å². The normalized spacial score (nSPS) is 18.3. The lowest BCUT2D eigenvalue weighted by Crippen LogP contribution is -2.58. The van der Waals surface area contributed by atoms with E-state index in [1.54, 1.807) is 0 Å². The number of hydrogen-bond donors (Lipinski definition) is 4. The second-order valence-corrected chi connectivity index (χ2v) is 13.5. The van der Waals surface area contributed by atoms with Gasteiger partial charge in [-0.1, -0.05) is 64.5 Å². The molecule has 0 bridgehead atoms. The summed E-state index contributed by atoms with van der Waals surface area (Å²) in [5, 5.41) is 10.7. The number of carbonyl (C=O) groups is 6. The lowest BCUT2D eigenvalue weighted by molar-refractivity contribution is -0.139. The monoisotopic (exact) mass is 757 g/mol. The quantitative estimate of drug-likeness (QED) is 0.0793. The maximum Gasteiger partial charge on any atom is 0.289 e. The van der Waals surface area contributed by atoms with E-state index in [1.807, 2.05) is 30.9 Å². The van der Waals surface area contributed by atoms with E-state index in [0.29, 0.717) is 32.2 Å². The predicted molar refractivity (Wildman–Crippen MR) is 213 cm³/mol. The van der Waals surface area contributed by atoms with Gasteiger partial charge in [-0.15, -0.1) is 18.9 Å². The van der Waals surface area contributed by atoms with Gasteiger partial charge in [-0.25, -0.2) is 4.98 Å². The van der Waals surface area contributed by atoms with Gasteiger partial charge in [0.2, 0.25) is 24.0 Å². The van der Waals surface area contributed by atoms with Crippen LogP contribution in [0.3, 0.4) is 0 Å². The first-order valence-corrected chi connectivity index (χ1v) is 19.3.